The highest BCUT2D eigenvalue weighted by atomic mass is 16.5. The van der Waals surface area contributed by atoms with Gasteiger partial charge in [0.15, 0.2) is 5.82 Å². The number of aryl methyl sites for hydroxylation is 1. The summed E-state index contributed by atoms with van der Waals surface area (Å²) in [5, 5.41) is 12.6. The van der Waals surface area contributed by atoms with Gasteiger partial charge in [0.05, 0.1) is 19.8 Å². The Labute approximate surface area is 150 Å². The average Bonchev–Trinajstić information content (AvgIpc) is 3.08. The van der Waals surface area contributed by atoms with Gasteiger partial charge in [0.25, 0.3) is 0 Å². The number of hydrogen-bond donors (Lipinski definition) is 1. The molecule has 1 aliphatic rings. The van der Waals surface area contributed by atoms with Crippen LogP contribution in [0.1, 0.15) is 0 Å². The number of fused-ring (bicyclic) bond motifs is 1. The molecule has 1 N–H and O–H groups in total. The minimum Gasteiger partial charge on any atom is -0.379 e. The Bertz CT molecular complexity index is 934. The van der Waals surface area contributed by atoms with Crippen LogP contribution in [0.25, 0.3) is 22.3 Å². The molecule has 134 valence electrons. The van der Waals surface area contributed by atoms with Gasteiger partial charge in [0.1, 0.15) is 17.8 Å². The third-order valence-corrected chi connectivity index (χ3v) is 4.28. The van der Waals surface area contributed by atoms with E-state index in [4.69, 9.17) is 4.74 Å². The zero-order valence-corrected chi connectivity index (χ0v) is 14.4. The molecule has 1 fully saturated rings. The Balaban J connectivity index is 1.52. The number of carbonyl (C=O) groups excluding carboxylic acids is 1. The smallest absolute Gasteiger partial charge is 0.239 e. The molecule has 1 aliphatic heterocycles. The molecule has 3 aromatic rings. The van der Waals surface area contributed by atoms with Crippen LogP contribution in [0.15, 0.2) is 30.9 Å². The van der Waals surface area contributed by atoms with Crippen molar-refractivity contribution < 1.29 is 9.53 Å². The topological polar surface area (TPSA) is 98.1 Å². The number of pyridine rings is 2. The monoisotopic (exact) mass is 353 g/mol. The number of amides is 1. The van der Waals surface area contributed by atoms with Gasteiger partial charge in [-0.15, -0.1) is 10.2 Å². The average molecular weight is 353 g/mol. The van der Waals surface area contributed by atoms with Crippen molar-refractivity contribution in [1.29, 1.82) is 0 Å². The van der Waals surface area contributed by atoms with E-state index in [0.717, 1.165) is 23.9 Å². The van der Waals surface area contributed by atoms with E-state index in [0.29, 0.717) is 37.1 Å². The van der Waals surface area contributed by atoms with Crippen molar-refractivity contribution in [2.75, 3.05) is 38.2 Å². The highest BCUT2D eigenvalue weighted by Crippen LogP contribution is 2.21. The second kappa shape index (κ2) is 7.14. The second-order valence-corrected chi connectivity index (χ2v) is 6.19. The molecule has 0 atom stereocenters. The van der Waals surface area contributed by atoms with Crippen LogP contribution in [0.4, 0.5) is 5.82 Å². The largest absolute Gasteiger partial charge is 0.379 e. The summed E-state index contributed by atoms with van der Waals surface area (Å²) in [5.74, 6) is 1.12. The van der Waals surface area contributed by atoms with E-state index in [-0.39, 0.29) is 5.91 Å². The van der Waals surface area contributed by atoms with E-state index < -0.39 is 0 Å². The molecule has 0 aliphatic carbocycles. The number of ether oxygens (including phenoxy) is 1. The second-order valence-electron chi connectivity index (χ2n) is 6.19. The van der Waals surface area contributed by atoms with E-state index in [2.05, 4.69) is 30.4 Å². The zero-order chi connectivity index (χ0) is 17.9. The van der Waals surface area contributed by atoms with Crippen LogP contribution >= 0.6 is 0 Å². The van der Waals surface area contributed by atoms with Gasteiger partial charge < -0.3 is 14.6 Å². The van der Waals surface area contributed by atoms with E-state index in [1.807, 2.05) is 19.2 Å². The fraction of sp³-hybridized carbons (Fsp3) is 0.353. The minimum absolute atomic E-state index is 0.0821. The van der Waals surface area contributed by atoms with Crippen molar-refractivity contribution in [3.63, 3.8) is 0 Å². The Hall–Kier alpha value is -2.91. The Morgan fingerprint density at radius 1 is 1.19 bits per heavy atom. The summed E-state index contributed by atoms with van der Waals surface area (Å²) in [5.41, 5.74) is 0.717. The first-order valence-electron chi connectivity index (χ1n) is 8.39. The molecule has 4 rings (SSSR count). The Morgan fingerprint density at radius 2 is 2.00 bits per heavy atom. The van der Waals surface area contributed by atoms with Crippen molar-refractivity contribution in [3.05, 3.63) is 30.9 Å². The van der Waals surface area contributed by atoms with Gasteiger partial charge in [-0.2, -0.15) is 0 Å². The Morgan fingerprint density at radius 3 is 2.77 bits per heavy atom. The normalized spacial score (nSPS) is 15.3. The lowest BCUT2D eigenvalue weighted by Crippen LogP contribution is -2.41. The van der Waals surface area contributed by atoms with Crippen LogP contribution in [-0.4, -0.2) is 68.4 Å². The predicted octanol–water partition coefficient (Wildman–Crippen LogP) is 0.696. The molecule has 26 heavy (non-hydrogen) atoms. The van der Waals surface area contributed by atoms with Crippen molar-refractivity contribution in [2.24, 2.45) is 7.05 Å². The van der Waals surface area contributed by atoms with Gasteiger partial charge in [-0.3, -0.25) is 14.7 Å². The number of rotatable bonds is 4. The summed E-state index contributed by atoms with van der Waals surface area (Å²) in [6.07, 6.45) is 5.07. The fourth-order valence-corrected chi connectivity index (χ4v) is 2.89. The maximum absolute atomic E-state index is 12.2. The molecule has 0 bridgehead atoms. The first kappa shape index (κ1) is 16.6. The molecular weight excluding hydrogens is 334 g/mol. The van der Waals surface area contributed by atoms with Crippen LogP contribution in [0.5, 0.6) is 0 Å². The van der Waals surface area contributed by atoms with Gasteiger partial charge in [-0.05, 0) is 17.5 Å². The molecule has 1 saturated heterocycles. The number of aromatic nitrogens is 5. The summed E-state index contributed by atoms with van der Waals surface area (Å²) < 4.78 is 7.10. The number of nitrogens with zero attached hydrogens (tertiary/aromatic N) is 6. The molecule has 4 heterocycles. The van der Waals surface area contributed by atoms with Crippen molar-refractivity contribution in [1.82, 2.24) is 29.6 Å². The lowest BCUT2D eigenvalue weighted by atomic mass is 10.2. The van der Waals surface area contributed by atoms with E-state index >= 15 is 0 Å². The molecule has 0 aromatic carbocycles. The summed E-state index contributed by atoms with van der Waals surface area (Å²) >= 11 is 0. The van der Waals surface area contributed by atoms with Gasteiger partial charge in [0.2, 0.25) is 5.91 Å². The van der Waals surface area contributed by atoms with Crippen molar-refractivity contribution in [3.8, 4) is 11.5 Å². The molecule has 1 amide bonds. The lowest BCUT2D eigenvalue weighted by molar-refractivity contribution is -0.118. The van der Waals surface area contributed by atoms with Crippen LogP contribution in [-0.2, 0) is 16.6 Å². The lowest BCUT2D eigenvalue weighted by Gasteiger charge is -2.25. The summed E-state index contributed by atoms with van der Waals surface area (Å²) in [6.45, 7) is 3.21. The minimum atomic E-state index is -0.0821. The number of nitrogens with one attached hydrogen (secondary N) is 1. The third-order valence-electron chi connectivity index (χ3n) is 4.28. The first-order valence-corrected chi connectivity index (χ1v) is 8.39. The van der Waals surface area contributed by atoms with Crippen LogP contribution in [0.2, 0.25) is 0 Å². The molecule has 0 radical (unpaired) electrons. The molecular formula is C17H19N7O2. The first-order chi connectivity index (χ1) is 12.7. The van der Waals surface area contributed by atoms with Crippen LogP contribution in [0.3, 0.4) is 0 Å². The molecule has 0 unspecified atom stereocenters. The van der Waals surface area contributed by atoms with E-state index in [9.17, 15) is 4.79 Å². The van der Waals surface area contributed by atoms with Gasteiger partial charge >= 0.3 is 0 Å². The van der Waals surface area contributed by atoms with Crippen molar-refractivity contribution >= 4 is 22.5 Å². The summed E-state index contributed by atoms with van der Waals surface area (Å²) in [4.78, 5) is 23.0. The molecule has 0 spiro atoms. The maximum Gasteiger partial charge on any atom is 0.239 e. The molecule has 9 heteroatoms. The fourth-order valence-electron chi connectivity index (χ4n) is 2.89. The SMILES string of the molecule is Cn1cnnc1-c1cc2cc(NC(=O)CN3CCOCC3)ncc2cn1. The van der Waals surface area contributed by atoms with E-state index in [1.54, 1.807) is 23.3 Å². The molecule has 3 aromatic heterocycles. The zero-order valence-electron chi connectivity index (χ0n) is 14.4. The predicted molar refractivity (Wildman–Crippen MR) is 95.4 cm³/mol. The highest BCUT2D eigenvalue weighted by Gasteiger charge is 2.15. The highest BCUT2D eigenvalue weighted by molar-refractivity contribution is 5.94. The maximum atomic E-state index is 12.2. The number of carbonyl (C=O) groups is 1. The molecule has 0 saturated carbocycles. The third kappa shape index (κ3) is 3.53. The number of anilines is 1. The van der Waals surface area contributed by atoms with E-state index in [1.165, 1.54) is 0 Å². The summed E-state index contributed by atoms with van der Waals surface area (Å²) in [6, 6.07) is 3.76. The standard InChI is InChI=1S/C17H19N7O2/c1-23-11-20-22-17(23)14-6-12-7-15(19-9-13(12)8-18-14)21-16(25)10-24-2-4-26-5-3-24/h6-9,11H,2-5,10H2,1H3,(H,19,21,25). The number of morpholine rings is 1. The van der Waals surface area contributed by atoms with Crippen LogP contribution < -0.4 is 5.32 Å². The number of hydrogen-bond acceptors (Lipinski definition) is 7. The van der Waals surface area contributed by atoms with Crippen molar-refractivity contribution in [2.45, 2.75) is 0 Å². The van der Waals surface area contributed by atoms with Gasteiger partial charge in [-0.1, -0.05) is 0 Å². The van der Waals surface area contributed by atoms with Gasteiger partial charge in [-0.25, -0.2) is 4.98 Å². The molecule has 9 nitrogen and oxygen atoms in total. The Kier molecular flexibility index (Phi) is 4.55. The quantitative estimate of drug-likeness (QED) is 0.737. The summed E-state index contributed by atoms with van der Waals surface area (Å²) in [7, 11) is 1.87. The van der Waals surface area contributed by atoms with Crippen LogP contribution in [0, 0.1) is 0 Å². The van der Waals surface area contributed by atoms with Gasteiger partial charge in [0, 0.05) is 37.9 Å².